The molecule has 1 amide bonds. The molecular weight excluding hydrogens is 146 g/mol. The number of esters is 1. The number of amides is 1. The third kappa shape index (κ3) is 0.818. The molecule has 0 aliphatic carbocycles. The minimum atomic E-state index is -0.280. The number of ether oxygens (including phenoxy) is 1. The molecule has 2 rings (SSSR count). The third-order valence-electron chi connectivity index (χ3n) is 2.22. The van der Waals surface area contributed by atoms with Gasteiger partial charge in [0.15, 0.2) is 0 Å². The Morgan fingerprint density at radius 1 is 1.73 bits per heavy atom. The van der Waals surface area contributed by atoms with Gasteiger partial charge in [0, 0.05) is 13.3 Å². The maximum atomic E-state index is 10.9. The van der Waals surface area contributed by atoms with Crippen LogP contribution in [-0.4, -0.2) is 35.5 Å². The highest BCUT2D eigenvalue weighted by molar-refractivity contribution is 5.86. The molecule has 2 atom stereocenters. The van der Waals surface area contributed by atoms with Crippen LogP contribution >= 0.6 is 0 Å². The lowest BCUT2D eigenvalue weighted by Gasteiger charge is -2.23. The van der Waals surface area contributed by atoms with E-state index in [0.717, 1.165) is 0 Å². The molecule has 4 heteroatoms. The quantitative estimate of drug-likeness (QED) is 0.444. The zero-order valence-corrected chi connectivity index (χ0v) is 6.24. The monoisotopic (exact) mass is 155 g/mol. The first-order valence-corrected chi connectivity index (χ1v) is 3.66. The largest absolute Gasteiger partial charge is 0.459 e. The molecule has 0 aromatic rings. The highest BCUT2D eigenvalue weighted by Crippen LogP contribution is 2.28. The van der Waals surface area contributed by atoms with E-state index in [0.29, 0.717) is 13.0 Å². The Bertz CT molecular complexity index is 226. The van der Waals surface area contributed by atoms with Gasteiger partial charge in [-0.25, -0.2) is 4.79 Å². The summed E-state index contributed by atoms with van der Waals surface area (Å²) in [6.45, 7) is 2.07. The van der Waals surface area contributed by atoms with Crippen LogP contribution in [0.15, 0.2) is 0 Å². The molecule has 0 aromatic carbocycles. The number of fused-ring (bicyclic) bond motifs is 2. The van der Waals surface area contributed by atoms with Crippen molar-refractivity contribution in [2.24, 2.45) is 0 Å². The number of hydrogen-bond donors (Lipinski definition) is 0. The topological polar surface area (TPSA) is 46.6 Å². The fourth-order valence-electron chi connectivity index (χ4n) is 1.70. The first-order valence-electron chi connectivity index (χ1n) is 3.66. The van der Waals surface area contributed by atoms with Crippen LogP contribution in [0.2, 0.25) is 0 Å². The summed E-state index contributed by atoms with van der Waals surface area (Å²) in [4.78, 5) is 23.4. The fraction of sp³-hybridized carbons (Fsp3) is 0.714. The second-order valence-corrected chi connectivity index (χ2v) is 2.98. The van der Waals surface area contributed by atoms with E-state index in [9.17, 15) is 9.59 Å². The van der Waals surface area contributed by atoms with Gasteiger partial charge in [0.05, 0.1) is 6.54 Å². The van der Waals surface area contributed by atoms with Gasteiger partial charge in [-0.15, -0.1) is 0 Å². The van der Waals surface area contributed by atoms with Gasteiger partial charge in [-0.2, -0.15) is 0 Å². The number of morpholine rings is 1. The molecule has 2 aliphatic heterocycles. The van der Waals surface area contributed by atoms with Gasteiger partial charge < -0.3 is 9.64 Å². The summed E-state index contributed by atoms with van der Waals surface area (Å²) in [5.41, 5.74) is 0. The standard InChI is InChI=1S/C7H9NO3/c1-4(9)8-3-5-2-6(8)7(10)11-5/h5-6H,2-3H2,1H3/t5-,6?/m0/s1. The number of hydrogen-bond acceptors (Lipinski definition) is 3. The van der Waals surface area contributed by atoms with Crippen molar-refractivity contribution in [3.63, 3.8) is 0 Å². The van der Waals surface area contributed by atoms with Crippen LogP contribution in [0.3, 0.4) is 0 Å². The lowest BCUT2D eigenvalue weighted by molar-refractivity contribution is -0.156. The maximum absolute atomic E-state index is 10.9. The lowest BCUT2D eigenvalue weighted by atomic mass is 10.2. The van der Waals surface area contributed by atoms with Crippen molar-refractivity contribution in [1.82, 2.24) is 4.90 Å². The molecule has 2 aliphatic rings. The fourth-order valence-corrected chi connectivity index (χ4v) is 1.70. The minimum Gasteiger partial charge on any atom is -0.459 e. The minimum absolute atomic E-state index is 0.0311. The molecule has 0 aromatic heterocycles. The first-order chi connectivity index (χ1) is 5.18. The predicted molar refractivity (Wildman–Crippen MR) is 35.7 cm³/mol. The maximum Gasteiger partial charge on any atom is 0.329 e. The Morgan fingerprint density at radius 3 is 2.82 bits per heavy atom. The highest BCUT2D eigenvalue weighted by atomic mass is 16.6. The second kappa shape index (κ2) is 1.96. The summed E-state index contributed by atoms with van der Waals surface area (Å²) >= 11 is 0. The number of rotatable bonds is 0. The molecule has 1 unspecified atom stereocenters. The van der Waals surface area contributed by atoms with Gasteiger partial charge in [-0.3, -0.25) is 4.79 Å². The molecule has 0 spiro atoms. The van der Waals surface area contributed by atoms with E-state index >= 15 is 0 Å². The van der Waals surface area contributed by atoms with E-state index in [1.807, 2.05) is 0 Å². The van der Waals surface area contributed by atoms with Crippen LogP contribution < -0.4 is 0 Å². The van der Waals surface area contributed by atoms with Crippen molar-refractivity contribution >= 4 is 11.9 Å². The van der Waals surface area contributed by atoms with Gasteiger partial charge in [0.1, 0.15) is 12.1 Å². The lowest BCUT2D eigenvalue weighted by Crippen LogP contribution is -2.43. The molecule has 2 heterocycles. The van der Waals surface area contributed by atoms with Gasteiger partial charge >= 0.3 is 5.97 Å². The van der Waals surface area contributed by atoms with Gasteiger partial charge in [-0.1, -0.05) is 0 Å². The predicted octanol–water partition coefficient (Wildman–Crippen LogP) is -0.467. The normalized spacial score (nSPS) is 34.3. The Kier molecular flexibility index (Phi) is 1.19. The van der Waals surface area contributed by atoms with Crippen LogP contribution in [0.25, 0.3) is 0 Å². The number of likely N-dealkylation sites (tertiary alicyclic amines) is 1. The summed E-state index contributed by atoms with van der Waals surface area (Å²) in [6.07, 6.45) is 0.662. The molecule has 60 valence electrons. The Balaban J connectivity index is 2.18. The van der Waals surface area contributed by atoms with E-state index in [2.05, 4.69) is 0 Å². The van der Waals surface area contributed by atoms with E-state index < -0.39 is 0 Å². The zero-order valence-electron chi connectivity index (χ0n) is 6.24. The van der Waals surface area contributed by atoms with Crippen molar-refractivity contribution in [3.8, 4) is 0 Å². The molecule has 4 nitrogen and oxygen atoms in total. The van der Waals surface area contributed by atoms with Crippen molar-refractivity contribution in [2.45, 2.75) is 25.5 Å². The van der Waals surface area contributed by atoms with Gasteiger partial charge in [-0.05, 0) is 0 Å². The molecule has 0 saturated carbocycles. The van der Waals surface area contributed by atoms with Crippen LogP contribution in [0.4, 0.5) is 0 Å². The van der Waals surface area contributed by atoms with Crippen molar-refractivity contribution in [2.75, 3.05) is 6.54 Å². The Labute approximate surface area is 64.1 Å². The Hall–Kier alpha value is -1.06. The number of carbonyl (C=O) groups is 2. The van der Waals surface area contributed by atoms with E-state index in [4.69, 9.17) is 4.74 Å². The molecular formula is C7H9NO3. The zero-order chi connectivity index (χ0) is 8.01. The summed E-state index contributed by atoms with van der Waals surface area (Å²) in [5.74, 6) is -0.273. The molecule has 11 heavy (non-hydrogen) atoms. The van der Waals surface area contributed by atoms with E-state index in [-0.39, 0.29) is 24.0 Å². The summed E-state index contributed by atoms with van der Waals surface area (Å²) < 4.78 is 4.91. The SMILES string of the molecule is CC(=O)N1C[C@@H]2CC1C(=O)O2. The van der Waals surface area contributed by atoms with Crippen LogP contribution in [0, 0.1) is 0 Å². The van der Waals surface area contributed by atoms with Crippen LogP contribution in [0.5, 0.6) is 0 Å². The summed E-state index contributed by atoms with van der Waals surface area (Å²) in [7, 11) is 0. The van der Waals surface area contributed by atoms with Crippen molar-refractivity contribution in [1.29, 1.82) is 0 Å². The Morgan fingerprint density at radius 2 is 2.45 bits per heavy atom. The van der Waals surface area contributed by atoms with Gasteiger partial charge in [0.2, 0.25) is 5.91 Å². The molecule has 0 radical (unpaired) electrons. The molecule has 0 N–H and O–H groups in total. The smallest absolute Gasteiger partial charge is 0.329 e. The number of nitrogens with zero attached hydrogens (tertiary/aromatic N) is 1. The highest BCUT2D eigenvalue weighted by Gasteiger charge is 2.47. The number of carbonyl (C=O) groups excluding carboxylic acids is 2. The third-order valence-corrected chi connectivity index (χ3v) is 2.22. The van der Waals surface area contributed by atoms with E-state index in [1.54, 1.807) is 4.90 Å². The van der Waals surface area contributed by atoms with E-state index in [1.165, 1.54) is 6.92 Å². The first kappa shape index (κ1) is 6.64. The van der Waals surface area contributed by atoms with Crippen LogP contribution in [0.1, 0.15) is 13.3 Å². The summed E-state index contributed by atoms with van der Waals surface area (Å²) in [6, 6.07) is -0.280. The average molecular weight is 155 g/mol. The second-order valence-electron chi connectivity index (χ2n) is 2.98. The van der Waals surface area contributed by atoms with Crippen molar-refractivity contribution in [3.05, 3.63) is 0 Å². The molecule has 2 saturated heterocycles. The summed E-state index contributed by atoms with van der Waals surface area (Å²) in [5, 5.41) is 0. The van der Waals surface area contributed by atoms with Gasteiger partial charge in [0.25, 0.3) is 0 Å². The average Bonchev–Trinajstić information content (AvgIpc) is 2.43. The van der Waals surface area contributed by atoms with Crippen molar-refractivity contribution < 1.29 is 14.3 Å². The molecule has 2 fully saturated rings. The van der Waals surface area contributed by atoms with Crippen LogP contribution in [-0.2, 0) is 14.3 Å². The molecule has 2 bridgehead atoms.